The molecule has 0 aliphatic heterocycles. The van der Waals surface area contributed by atoms with Crippen LogP contribution in [0.25, 0.3) is 0 Å². The number of nitrogens with zero attached hydrogens (tertiary/aromatic N) is 1. The van der Waals surface area contributed by atoms with Gasteiger partial charge in [0.25, 0.3) is 0 Å². The smallest absolute Gasteiger partial charge is 0.0884 e. The van der Waals surface area contributed by atoms with Gasteiger partial charge in [0, 0.05) is 18.9 Å². The lowest BCUT2D eigenvalue weighted by atomic mass is 9.91. The van der Waals surface area contributed by atoms with Gasteiger partial charge in [-0.15, -0.1) is 12.4 Å². The van der Waals surface area contributed by atoms with E-state index in [0.717, 1.165) is 25.7 Å². The van der Waals surface area contributed by atoms with Crippen molar-refractivity contribution in [3.05, 3.63) is 5.21 Å². The van der Waals surface area contributed by atoms with Gasteiger partial charge >= 0.3 is 0 Å². The summed E-state index contributed by atoms with van der Waals surface area (Å²) in [6.07, 6.45) is 4.04. The molecule has 0 atom stereocenters. The Morgan fingerprint density at radius 3 is 1.92 bits per heavy atom. The van der Waals surface area contributed by atoms with E-state index in [1.165, 1.54) is 0 Å². The maximum Gasteiger partial charge on any atom is 0.0884 e. The van der Waals surface area contributed by atoms with Crippen molar-refractivity contribution in [1.82, 2.24) is 0 Å². The Balaban J connectivity index is 0.00000121. The Morgan fingerprint density at radius 1 is 1.17 bits per heavy atom. The van der Waals surface area contributed by atoms with Crippen molar-refractivity contribution in [2.45, 2.75) is 37.8 Å². The zero-order valence-corrected chi connectivity index (χ0v) is 8.64. The van der Waals surface area contributed by atoms with Crippen LogP contribution < -0.4 is 5.73 Å². The number of quaternary nitrogens is 1. The van der Waals surface area contributed by atoms with Gasteiger partial charge in [0.1, 0.15) is 0 Å². The maximum absolute atomic E-state index is 11.5. The summed E-state index contributed by atoms with van der Waals surface area (Å²) in [5.74, 6) is 0. The van der Waals surface area contributed by atoms with Crippen LogP contribution in [0.2, 0.25) is 0 Å². The van der Waals surface area contributed by atoms with Gasteiger partial charge in [-0.3, -0.25) is 0 Å². The minimum atomic E-state index is -0.146. The summed E-state index contributed by atoms with van der Waals surface area (Å²) in [6.45, 7) is 0. The summed E-state index contributed by atoms with van der Waals surface area (Å²) < 4.78 is -0.146. The van der Waals surface area contributed by atoms with E-state index >= 15 is 0 Å². The molecule has 74 valence electrons. The summed E-state index contributed by atoms with van der Waals surface area (Å²) in [7, 11) is 3.45. The van der Waals surface area contributed by atoms with E-state index in [4.69, 9.17) is 5.73 Å². The van der Waals surface area contributed by atoms with Crippen molar-refractivity contribution in [2.75, 3.05) is 14.1 Å². The lowest BCUT2D eigenvalue weighted by Gasteiger charge is -2.44. The van der Waals surface area contributed by atoms with E-state index in [-0.39, 0.29) is 23.1 Å². The fourth-order valence-corrected chi connectivity index (χ4v) is 1.72. The number of halogens is 1. The molecule has 1 rings (SSSR count). The molecule has 1 aliphatic rings. The molecule has 0 radical (unpaired) electrons. The Morgan fingerprint density at radius 2 is 1.58 bits per heavy atom. The largest absolute Gasteiger partial charge is 0.633 e. The van der Waals surface area contributed by atoms with E-state index in [2.05, 4.69) is 0 Å². The van der Waals surface area contributed by atoms with Crippen molar-refractivity contribution in [3.63, 3.8) is 0 Å². The Bertz CT molecular complexity index is 128. The number of rotatable bonds is 1. The lowest BCUT2D eigenvalue weighted by Crippen LogP contribution is -2.46. The molecule has 0 amide bonds. The maximum atomic E-state index is 11.5. The summed E-state index contributed by atoms with van der Waals surface area (Å²) in [4.78, 5) is 0. The molecule has 1 aliphatic carbocycles. The zero-order valence-electron chi connectivity index (χ0n) is 7.82. The molecule has 4 heteroatoms. The lowest BCUT2D eigenvalue weighted by molar-refractivity contribution is -0.868. The molecule has 12 heavy (non-hydrogen) atoms. The molecular formula is C8H19ClN2O. The molecule has 0 aromatic rings. The number of hydroxylamine groups is 3. The molecule has 0 bridgehead atoms. The molecule has 0 aromatic heterocycles. The summed E-state index contributed by atoms with van der Waals surface area (Å²) in [6, 6.07) is 0.632. The molecule has 0 spiro atoms. The fourth-order valence-electron chi connectivity index (χ4n) is 1.72. The van der Waals surface area contributed by atoms with Crippen LogP contribution in [-0.2, 0) is 0 Å². The normalized spacial score (nSPS) is 31.0. The van der Waals surface area contributed by atoms with Gasteiger partial charge in [-0.2, -0.15) is 0 Å². The van der Waals surface area contributed by atoms with E-state index in [1.54, 1.807) is 14.1 Å². The van der Waals surface area contributed by atoms with E-state index in [1.807, 2.05) is 0 Å². The standard InChI is InChI=1S/C8H18N2O.ClH/c1-10(2,11)8-5-3-7(9)4-6-8;/h7-8H,3-6,9H2,1-2H3;1H. The van der Waals surface area contributed by atoms with Gasteiger partial charge in [-0.05, 0) is 12.8 Å². The molecule has 1 saturated carbocycles. The molecule has 1 fully saturated rings. The highest BCUT2D eigenvalue weighted by molar-refractivity contribution is 5.85. The Hall–Kier alpha value is 0.170. The van der Waals surface area contributed by atoms with Gasteiger partial charge in [0.05, 0.1) is 20.1 Å². The second kappa shape index (κ2) is 4.42. The third kappa shape index (κ3) is 3.27. The van der Waals surface area contributed by atoms with Gasteiger partial charge in [0.2, 0.25) is 0 Å². The van der Waals surface area contributed by atoms with Crippen LogP contribution in [-0.4, -0.2) is 30.8 Å². The minimum absolute atomic E-state index is 0. The molecule has 0 aromatic carbocycles. The molecular weight excluding hydrogens is 176 g/mol. The third-order valence-electron chi connectivity index (χ3n) is 2.62. The summed E-state index contributed by atoms with van der Waals surface area (Å²) in [5, 5.41) is 11.5. The van der Waals surface area contributed by atoms with Crippen LogP contribution >= 0.6 is 12.4 Å². The van der Waals surface area contributed by atoms with Crippen LogP contribution in [0, 0.1) is 5.21 Å². The predicted molar refractivity (Wildman–Crippen MR) is 53.0 cm³/mol. The number of hydrogen-bond acceptors (Lipinski definition) is 2. The van der Waals surface area contributed by atoms with Crippen molar-refractivity contribution in [1.29, 1.82) is 0 Å². The third-order valence-corrected chi connectivity index (χ3v) is 2.62. The molecule has 2 N–H and O–H groups in total. The second-order valence-corrected chi connectivity index (χ2v) is 4.00. The van der Waals surface area contributed by atoms with Crippen LogP contribution in [0.1, 0.15) is 25.7 Å². The topological polar surface area (TPSA) is 49.1 Å². The second-order valence-electron chi connectivity index (χ2n) is 4.00. The SMILES string of the molecule is C[N+](C)([O-])C1CCC(N)CC1.Cl. The first-order valence-electron chi connectivity index (χ1n) is 4.30. The Labute approximate surface area is 80.5 Å². The molecule has 0 heterocycles. The highest BCUT2D eigenvalue weighted by atomic mass is 35.5. The quantitative estimate of drug-likeness (QED) is 0.505. The van der Waals surface area contributed by atoms with Crippen LogP contribution in [0.3, 0.4) is 0 Å². The van der Waals surface area contributed by atoms with Crippen molar-refractivity contribution < 1.29 is 4.65 Å². The minimum Gasteiger partial charge on any atom is -0.633 e. The average molecular weight is 195 g/mol. The Kier molecular flexibility index (Phi) is 4.48. The zero-order chi connectivity index (χ0) is 8.48. The summed E-state index contributed by atoms with van der Waals surface area (Å²) >= 11 is 0. The highest BCUT2D eigenvalue weighted by Gasteiger charge is 2.25. The van der Waals surface area contributed by atoms with Crippen LogP contribution in [0.5, 0.6) is 0 Å². The van der Waals surface area contributed by atoms with Crippen LogP contribution in [0.15, 0.2) is 0 Å². The number of nitrogens with two attached hydrogens (primary N) is 1. The van der Waals surface area contributed by atoms with Gasteiger partial charge in [-0.25, -0.2) is 0 Å². The fraction of sp³-hybridized carbons (Fsp3) is 1.00. The average Bonchev–Trinajstić information content (AvgIpc) is 1.86. The number of hydrogen-bond donors (Lipinski definition) is 1. The van der Waals surface area contributed by atoms with Crippen LogP contribution in [0.4, 0.5) is 0 Å². The van der Waals surface area contributed by atoms with Gasteiger partial charge in [0.15, 0.2) is 0 Å². The first-order chi connectivity index (χ1) is 5.00. The monoisotopic (exact) mass is 194 g/mol. The van der Waals surface area contributed by atoms with Gasteiger partial charge < -0.3 is 15.6 Å². The molecule has 3 nitrogen and oxygen atoms in total. The van der Waals surface area contributed by atoms with E-state index in [9.17, 15) is 5.21 Å². The summed E-state index contributed by atoms with van der Waals surface area (Å²) in [5.41, 5.74) is 5.73. The van der Waals surface area contributed by atoms with Gasteiger partial charge in [-0.1, -0.05) is 0 Å². The molecule has 0 saturated heterocycles. The van der Waals surface area contributed by atoms with E-state index in [0.29, 0.717) is 6.04 Å². The highest BCUT2D eigenvalue weighted by Crippen LogP contribution is 2.23. The first-order valence-corrected chi connectivity index (χ1v) is 4.30. The van der Waals surface area contributed by atoms with Crippen molar-refractivity contribution in [2.24, 2.45) is 5.73 Å². The molecule has 0 unspecified atom stereocenters. The van der Waals surface area contributed by atoms with Crippen molar-refractivity contribution in [3.8, 4) is 0 Å². The van der Waals surface area contributed by atoms with Crippen molar-refractivity contribution >= 4 is 12.4 Å². The first kappa shape index (κ1) is 12.2. The predicted octanol–water partition coefficient (Wildman–Crippen LogP) is 1.25. The van der Waals surface area contributed by atoms with E-state index < -0.39 is 0 Å².